The summed E-state index contributed by atoms with van der Waals surface area (Å²) >= 11 is 0. The molecule has 1 N–H and O–H groups in total. The molecular formula is C14H16N2O2. The van der Waals surface area contributed by atoms with Gasteiger partial charge in [-0.05, 0) is 18.2 Å². The van der Waals surface area contributed by atoms with Crippen LogP contribution in [-0.2, 0) is 6.61 Å². The molecular weight excluding hydrogens is 228 g/mol. The van der Waals surface area contributed by atoms with Gasteiger partial charge in [-0.25, -0.2) is 4.98 Å². The highest BCUT2D eigenvalue weighted by molar-refractivity contribution is 5.63. The van der Waals surface area contributed by atoms with Crippen LogP contribution in [0, 0.1) is 0 Å². The molecule has 2 rings (SSSR count). The smallest absolute Gasteiger partial charge is 0.138 e. The van der Waals surface area contributed by atoms with E-state index in [4.69, 9.17) is 4.74 Å². The number of nitrogens with zero attached hydrogens (tertiary/aromatic N) is 2. The molecule has 0 saturated carbocycles. The fourth-order valence-electron chi connectivity index (χ4n) is 1.80. The molecule has 0 saturated heterocycles. The number of anilines is 2. The van der Waals surface area contributed by atoms with Crippen molar-refractivity contribution in [2.24, 2.45) is 0 Å². The molecule has 0 spiro atoms. The molecule has 0 aliphatic heterocycles. The summed E-state index contributed by atoms with van der Waals surface area (Å²) in [7, 11) is 3.55. The fourth-order valence-corrected chi connectivity index (χ4v) is 1.80. The highest BCUT2D eigenvalue weighted by atomic mass is 16.5. The topological polar surface area (TPSA) is 45.6 Å². The first kappa shape index (κ1) is 12.4. The predicted octanol–water partition coefficient (Wildman–Crippen LogP) is 2.35. The van der Waals surface area contributed by atoms with Crippen molar-refractivity contribution >= 4 is 11.5 Å². The molecule has 2 aromatic rings. The first-order valence-corrected chi connectivity index (χ1v) is 5.69. The van der Waals surface area contributed by atoms with Crippen LogP contribution < -0.4 is 9.64 Å². The number of benzene rings is 1. The van der Waals surface area contributed by atoms with Crippen LogP contribution in [-0.4, -0.2) is 24.2 Å². The van der Waals surface area contributed by atoms with Crippen molar-refractivity contribution in [3.8, 4) is 5.75 Å². The molecule has 1 aromatic heterocycles. The molecule has 0 aliphatic carbocycles. The van der Waals surface area contributed by atoms with Crippen molar-refractivity contribution in [2.75, 3.05) is 19.1 Å². The number of hydrogen-bond acceptors (Lipinski definition) is 4. The number of hydrogen-bond donors (Lipinski definition) is 1. The Morgan fingerprint density at radius 2 is 2.11 bits per heavy atom. The number of rotatable bonds is 4. The van der Waals surface area contributed by atoms with E-state index in [-0.39, 0.29) is 6.61 Å². The molecule has 0 fully saturated rings. The average molecular weight is 244 g/mol. The van der Waals surface area contributed by atoms with Crippen molar-refractivity contribution < 1.29 is 9.84 Å². The van der Waals surface area contributed by atoms with Crippen molar-refractivity contribution in [1.82, 2.24) is 4.98 Å². The number of pyridine rings is 1. The van der Waals surface area contributed by atoms with Crippen LogP contribution in [0.1, 0.15) is 5.56 Å². The van der Waals surface area contributed by atoms with Gasteiger partial charge in [-0.3, -0.25) is 0 Å². The lowest BCUT2D eigenvalue weighted by Gasteiger charge is -2.21. The minimum absolute atomic E-state index is 0.0303. The van der Waals surface area contributed by atoms with E-state index >= 15 is 0 Å². The first-order valence-electron chi connectivity index (χ1n) is 5.69. The maximum atomic E-state index is 9.32. The van der Waals surface area contributed by atoms with Crippen molar-refractivity contribution in [3.05, 3.63) is 48.2 Å². The van der Waals surface area contributed by atoms with Gasteiger partial charge in [0.1, 0.15) is 11.6 Å². The maximum Gasteiger partial charge on any atom is 0.138 e. The zero-order valence-electron chi connectivity index (χ0n) is 10.5. The third-order valence-corrected chi connectivity index (χ3v) is 2.80. The van der Waals surface area contributed by atoms with E-state index in [1.165, 1.54) is 0 Å². The summed E-state index contributed by atoms with van der Waals surface area (Å²) in [5, 5.41) is 9.32. The summed E-state index contributed by atoms with van der Waals surface area (Å²) in [6, 6.07) is 11.4. The molecule has 94 valence electrons. The van der Waals surface area contributed by atoms with Crippen LogP contribution in [0.5, 0.6) is 5.75 Å². The molecule has 0 unspecified atom stereocenters. The highest BCUT2D eigenvalue weighted by Crippen LogP contribution is 2.27. The van der Waals surface area contributed by atoms with Crippen LogP contribution >= 0.6 is 0 Å². The summed E-state index contributed by atoms with van der Waals surface area (Å²) in [6.07, 6.45) is 1.71. The Kier molecular flexibility index (Phi) is 3.79. The van der Waals surface area contributed by atoms with Gasteiger partial charge in [-0.15, -0.1) is 0 Å². The van der Waals surface area contributed by atoms with Crippen molar-refractivity contribution in [1.29, 1.82) is 0 Å². The summed E-state index contributed by atoms with van der Waals surface area (Å²) in [5.41, 5.74) is 1.76. The number of ether oxygens (including phenoxy) is 1. The predicted molar refractivity (Wildman–Crippen MR) is 71.2 cm³/mol. The molecule has 0 atom stereocenters. The Morgan fingerprint density at radius 3 is 2.83 bits per heavy atom. The Morgan fingerprint density at radius 1 is 1.28 bits per heavy atom. The second kappa shape index (κ2) is 5.51. The van der Waals surface area contributed by atoms with Crippen LogP contribution in [0.2, 0.25) is 0 Å². The number of aliphatic hydroxyl groups is 1. The quantitative estimate of drug-likeness (QED) is 0.896. The molecule has 4 nitrogen and oxygen atoms in total. The minimum atomic E-state index is -0.0303. The van der Waals surface area contributed by atoms with E-state index < -0.39 is 0 Å². The molecule has 1 aromatic carbocycles. The average Bonchev–Trinajstić information content (AvgIpc) is 2.46. The fraction of sp³-hybridized carbons (Fsp3) is 0.214. The Labute approximate surface area is 106 Å². The van der Waals surface area contributed by atoms with Gasteiger partial charge in [0.15, 0.2) is 0 Å². The van der Waals surface area contributed by atoms with Gasteiger partial charge >= 0.3 is 0 Å². The monoisotopic (exact) mass is 244 g/mol. The zero-order valence-corrected chi connectivity index (χ0v) is 10.5. The molecule has 4 heteroatoms. The summed E-state index contributed by atoms with van der Waals surface area (Å²) in [5.74, 6) is 1.54. The van der Waals surface area contributed by atoms with E-state index in [1.807, 2.05) is 48.3 Å². The third kappa shape index (κ3) is 2.43. The normalized spacial score (nSPS) is 10.2. The van der Waals surface area contributed by atoms with Crippen LogP contribution in [0.25, 0.3) is 0 Å². The van der Waals surface area contributed by atoms with Gasteiger partial charge in [0.05, 0.1) is 13.7 Å². The molecule has 0 radical (unpaired) electrons. The Hall–Kier alpha value is -2.07. The van der Waals surface area contributed by atoms with Crippen molar-refractivity contribution in [3.63, 3.8) is 0 Å². The SMILES string of the molecule is COc1cccc(N(C)c2ncccc2CO)c1. The second-order valence-corrected chi connectivity index (χ2v) is 3.90. The van der Waals surface area contributed by atoms with Gasteiger partial charge in [0.25, 0.3) is 0 Å². The summed E-state index contributed by atoms with van der Waals surface area (Å²) in [4.78, 5) is 6.23. The minimum Gasteiger partial charge on any atom is -0.497 e. The first-order chi connectivity index (χ1) is 8.76. The molecule has 1 heterocycles. The van der Waals surface area contributed by atoms with Gasteiger partial charge in [-0.1, -0.05) is 12.1 Å². The van der Waals surface area contributed by atoms with Gasteiger partial charge in [-0.2, -0.15) is 0 Å². The van der Waals surface area contributed by atoms with Crippen molar-refractivity contribution in [2.45, 2.75) is 6.61 Å². The lowest BCUT2D eigenvalue weighted by molar-refractivity contribution is 0.282. The standard InChI is InChI=1S/C14H16N2O2/c1-16(12-6-3-7-13(9-12)18-2)14-11(10-17)5-4-8-15-14/h3-9,17H,10H2,1-2H3. The summed E-state index contributed by atoms with van der Waals surface area (Å²) in [6.45, 7) is -0.0303. The number of aromatic nitrogens is 1. The zero-order chi connectivity index (χ0) is 13.0. The van der Waals surface area contributed by atoms with Crippen LogP contribution in [0.15, 0.2) is 42.6 Å². The lowest BCUT2D eigenvalue weighted by atomic mass is 10.2. The Bertz CT molecular complexity index is 529. The number of methoxy groups -OCH3 is 1. The largest absolute Gasteiger partial charge is 0.497 e. The van der Waals surface area contributed by atoms with E-state index in [2.05, 4.69) is 4.98 Å². The van der Waals surface area contributed by atoms with E-state index in [0.29, 0.717) is 0 Å². The highest BCUT2D eigenvalue weighted by Gasteiger charge is 2.10. The third-order valence-electron chi connectivity index (χ3n) is 2.80. The molecule has 18 heavy (non-hydrogen) atoms. The van der Waals surface area contributed by atoms with Crippen LogP contribution in [0.3, 0.4) is 0 Å². The lowest BCUT2D eigenvalue weighted by Crippen LogP contribution is -2.13. The second-order valence-electron chi connectivity index (χ2n) is 3.90. The van der Waals surface area contributed by atoms with E-state index in [1.54, 1.807) is 13.3 Å². The molecule has 0 bridgehead atoms. The van der Waals surface area contributed by atoms with E-state index in [9.17, 15) is 5.11 Å². The Balaban J connectivity index is 2.37. The van der Waals surface area contributed by atoms with Crippen LogP contribution in [0.4, 0.5) is 11.5 Å². The van der Waals surface area contributed by atoms with Gasteiger partial charge in [0, 0.05) is 30.6 Å². The maximum absolute atomic E-state index is 9.32. The number of aliphatic hydroxyl groups excluding tert-OH is 1. The summed E-state index contributed by atoms with van der Waals surface area (Å²) < 4.78 is 5.20. The van der Waals surface area contributed by atoms with Gasteiger partial charge in [0.2, 0.25) is 0 Å². The molecule has 0 aliphatic rings. The van der Waals surface area contributed by atoms with Gasteiger partial charge < -0.3 is 14.7 Å². The molecule has 0 amide bonds. The van der Waals surface area contributed by atoms with E-state index in [0.717, 1.165) is 22.8 Å².